The lowest BCUT2D eigenvalue weighted by Crippen LogP contribution is -2.50. The molecule has 0 aromatic carbocycles. The minimum Gasteiger partial charge on any atom is -0.378 e. The SMILES string of the molecule is CC1CCCC(NC(=O)CN2CCC(C(=O)N3CCOCC3)CC2)C1C. The number of piperidine rings is 1. The topological polar surface area (TPSA) is 61.9 Å². The molecule has 6 nitrogen and oxygen atoms in total. The second-order valence-electron chi connectivity index (χ2n) is 8.43. The molecule has 2 heterocycles. The van der Waals surface area contributed by atoms with Crippen LogP contribution in [0.25, 0.3) is 0 Å². The zero-order valence-corrected chi connectivity index (χ0v) is 16.4. The Kier molecular flexibility index (Phi) is 6.92. The van der Waals surface area contributed by atoms with Gasteiger partial charge in [-0.25, -0.2) is 0 Å². The van der Waals surface area contributed by atoms with Crippen LogP contribution in [0.4, 0.5) is 0 Å². The summed E-state index contributed by atoms with van der Waals surface area (Å²) >= 11 is 0. The van der Waals surface area contributed by atoms with Gasteiger partial charge in [0, 0.05) is 25.0 Å². The number of likely N-dealkylation sites (tertiary alicyclic amines) is 1. The Balaban J connectivity index is 1.39. The van der Waals surface area contributed by atoms with Gasteiger partial charge in [-0.3, -0.25) is 14.5 Å². The zero-order chi connectivity index (χ0) is 18.5. The van der Waals surface area contributed by atoms with Crippen molar-refractivity contribution in [3.8, 4) is 0 Å². The molecular weight excluding hydrogens is 330 g/mol. The van der Waals surface area contributed by atoms with Crippen LogP contribution in [0.1, 0.15) is 46.0 Å². The predicted octanol–water partition coefficient (Wildman–Crippen LogP) is 1.50. The van der Waals surface area contributed by atoms with Gasteiger partial charge in [0.15, 0.2) is 0 Å². The monoisotopic (exact) mass is 365 g/mol. The van der Waals surface area contributed by atoms with Gasteiger partial charge in [-0.1, -0.05) is 26.7 Å². The quantitative estimate of drug-likeness (QED) is 0.820. The number of hydrogen-bond donors (Lipinski definition) is 1. The molecular formula is C20H35N3O3. The number of morpholine rings is 1. The highest BCUT2D eigenvalue weighted by molar-refractivity contribution is 5.80. The molecule has 0 spiro atoms. The Bertz CT molecular complexity index is 485. The van der Waals surface area contributed by atoms with Crippen molar-refractivity contribution in [1.29, 1.82) is 0 Å². The van der Waals surface area contributed by atoms with E-state index < -0.39 is 0 Å². The maximum absolute atomic E-state index is 12.6. The summed E-state index contributed by atoms with van der Waals surface area (Å²) in [7, 11) is 0. The molecule has 3 fully saturated rings. The van der Waals surface area contributed by atoms with Crippen LogP contribution < -0.4 is 5.32 Å². The smallest absolute Gasteiger partial charge is 0.234 e. The summed E-state index contributed by atoms with van der Waals surface area (Å²) in [6.07, 6.45) is 5.32. The van der Waals surface area contributed by atoms with E-state index in [4.69, 9.17) is 4.74 Å². The average molecular weight is 366 g/mol. The van der Waals surface area contributed by atoms with E-state index in [2.05, 4.69) is 24.1 Å². The first-order valence-electron chi connectivity index (χ1n) is 10.4. The van der Waals surface area contributed by atoms with Crippen molar-refractivity contribution < 1.29 is 14.3 Å². The van der Waals surface area contributed by atoms with Gasteiger partial charge in [0.1, 0.15) is 0 Å². The first-order valence-corrected chi connectivity index (χ1v) is 10.4. The minimum atomic E-state index is 0.117. The number of carbonyl (C=O) groups excluding carboxylic acids is 2. The third kappa shape index (κ3) is 4.97. The lowest BCUT2D eigenvalue weighted by molar-refractivity contribution is -0.141. The molecule has 2 aliphatic heterocycles. The second-order valence-corrected chi connectivity index (χ2v) is 8.43. The highest BCUT2D eigenvalue weighted by atomic mass is 16.5. The summed E-state index contributed by atoms with van der Waals surface area (Å²) < 4.78 is 5.33. The molecule has 0 bridgehead atoms. The van der Waals surface area contributed by atoms with E-state index in [0.29, 0.717) is 37.6 Å². The molecule has 1 saturated carbocycles. The van der Waals surface area contributed by atoms with Gasteiger partial charge in [0.05, 0.1) is 19.8 Å². The normalized spacial score (nSPS) is 31.6. The summed E-state index contributed by atoms with van der Waals surface area (Å²) in [6.45, 7) is 9.45. The van der Waals surface area contributed by atoms with Gasteiger partial charge >= 0.3 is 0 Å². The summed E-state index contributed by atoms with van der Waals surface area (Å²) in [5, 5.41) is 3.26. The van der Waals surface area contributed by atoms with Crippen molar-refractivity contribution in [2.45, 2.75) is 52.0 Å². The molecule has 3 aliphatic rings. The van der Waals surface area contributed by atoms with E-state index in [0.717, 1.165) is 45.4 Å². The van der Waals surface area contributed by atoms with Crippen LogP contribution in [-0.4, -0.2) is 73.6 Å². The van der Waals surface area contributed by atoms with Crippen molar-refractivity contribution >= 4 is 11.8 Å². The van der Waals surface area contributed by atoms with E-state index in [1.807, 2.05) is 4.90 Å². The molecule has 2 amide bonds. The molecule has 2 saturated heterocycles. The van der Waals surface area contributed by atoms with Crippen LogP contribution in [0.5, 0.6) is 0 Å². The Morgan fingerprint density at radius 1 is 1.00 bits per heavy atom. The van der Waals surface area contributed by atoms with Crippen LogP contribution in [0.2, 0.25) is 0 Å². The van der Waals surface area contributed by atoms with E-state index in [1.165, 1.54) is 12.8 Å². The fourth-order valence-electron chi connectivity index (χ4n) is 4.62. The molecule has 3 unspecified atom stereocenters. The van der Waals surface area contributed by atoms with Crippen molar-refractivity contribution in [1.82, 2.24) is 15.1 Å². The largest absolute Gasteiger partial charge is 0.378 e. The zero-order valence-electron chi connectivity index (χ0n) is 16.4. The average Bonchev–Trinajstić information content (AvgIpc) is 2.66. The third-order valence-electron chi connectivity index (χ3n) is 6.68. The lowest BCUT2D eigenvalue weighted by atomic mass is 9.78. The van der Waals surface area contributed by atoms with Gasteiger partial charge in [-0.05, 0) is 44.2 Å². The van der Waals surface area contributed by atoms with E-state index >= 15 is 0 Å². The Morgan fingerprint density at radius 3 is 2.38 bits per heavy atom. The highest BCUT2D eigenvalue weighted by Crippen LogP contribution is 2.29. The minimum absolute atomic E-state index is 0.117. The molecule has 1 N–H and O–H groups in total. The maximum Gasteiger partial charge on any atom is 0.234 e. The lowest BCUT2D eigenvalue weighted by Gasteiger charge is -2.37. The third-order valence-corrected chi connectivity index (χ3v) is 6.68. The van der Waals surface area contributed by atoms with Crippen LogP contribution in [0.3, 0.4) is 0 Å². The van der Waals surface area contributed by atoms with Gasteiger partial charge in [-0.2, -0.15) is 0 Å². The van der Waals surface area contributed by atoms with Crippen LogP contribution in [0.15, 0.2) is 0 Å². The van der Waals surface area contributed by atoms with Crippen molar-refractivity contribution in [2.24, 2.45) is 17.8 Å². The molecule has 0 aromatic heterocycles. The van der Waals surface area contributed by atoms with Crippen LogP contribution >= 0.6 is 0 Å². The summed E-state index contributed by atoms with van der Waals surface area (Å²) in [6, 6.07) is 0.326. The molecule has 0 aromatic rings. The first kappa shape index (κ1) is 19.6. The fraction of sp³-hybridized carbons (Fsp3) is 0.900. The predicted molar refractivity (Wildman–Crippen MR) is 101 cm³/mol. The molecule has 148 valence electrons. The molecule has 1 aliphatic carbocycles. The van der Waals surface area contributed by atoms with Crippen LogP contribution in [0, 0.1) is 17.8 Å². The summed E-state index contributed by atoms with van der Waals surface area (Å²) in [4.78, 5) is 29.2. The fourth-order valence-corrected chi connectivity index (χ4v) is 4.62. The number of nitrogens with zero attached hydrogens (tertiary/aromatic N) is 2. The van der Waals surface area contributed by atoms with E-state index in [1.54, 1.807) is 0 Å². The van der Waals surface area contributed by atoms with E-state index in [9.17, 15) is 9.59 Å². The van der Waals surface area contributed by atoms with Crippen molar-refractivity contribution in [2.75, 3.05) is 45.9 Å². The molecule has 0 radical (unpaired) electrons. The number of hydrogen-bond acceptors (Lipinski definition) is 4. The van der Waals surface area contributed by atoms with Crippen molar-refractivity contribution in [3.05, 3.63) is 0 Å². The summed E-state index contributed by atoms with van der Waals surface area (Å²) in [5.41, 5.74) is 0. The molecule has 6 heteroatoms. The van der Waals surface area contributed by atoms with Gasteiger partial charge in [-0.15, -0.1) is 0 Å². The molecule has 3 atom stereocenters. The molecule has 3 rings (SSSR count). The first-order chi connectivity index (χ1) is 12.5. The number of nitrogens with one attached hydrogen (secondary N) is 1. The Labute approximate surface area is 157 Å². The number of rotatable bonds is 4. The number of carbonyl (C=O) groups is 2. The number of amides is 2. The second kappa shape index (κ2) is 9.18. The number of ether oxygens (including phenoxy) is 1. The van der Waals surface area contributed by atoms with E-state index in [-0.39, 0.29) is 17.7 Å². The standard InChI is InChI=1S/C20H35N3O3/c1-15-4-3-5-18(16(15)2)21-19(24)14-22-8-6-17(7-9-22)20(25)23-10-12-26-13-11-23/h15-18H,3-14H2,1-2H3,(H,21,24). The van der Waals surface area contributed by atoms with Crippen LogP contribution in [-0.2, 0) is 14.3 Å². The van der Waals surface area contributed by atoms with Gasteiger partial charge in [0.2, 0.25) is 11.8 Å². The Morgan fingerprint density at radius 2 is 1.69 bits per heavy atom. The maximum atomic E-state index is 12.6. The van der Waals surface area contributed by atoms with Gasteiger partial charge in [0.25, 0.3) is 0 Å². The molecule has 26 heavy (non-hydrogen) atoms. The van der Waals surface area contributed by atoms with Gasteiger partial charge < -0.3 is 15.0 Å². The summed E-state index contributed by atoms with van der Waals surface area (Å²) in [5.74, 6) is 1.79. The highest BCUT2D eigenvalue weighted by Gasteiger charge is 2.31. The Hall–Kier alpha value is -1.14. The van der Waals surface area contributed by atoms with Crippen molar-refractivity contribution in [3.63, 3.8) is 0 Å².